The van der Waals surface area contributed by atoms with E-state index in [2.05, 4.69) is 25.3 Å². The van der Waals surface area contributed by atoms with Crippen LogP contribution in [0.4, 0.5) is 30.6 Å². The maximum atomic E-state index is 12.6. The van der Waals surface area contributed by atoms with Crippen molar-refractivity contribution in [1.29, 1.82) is 0 Å². The molecule has 0 atom stereocenters. The van der Waals surface area contributed by atoms with Gasteiger partial charge in [-0.1, -0.05) is 24.3 Å². The van der Waals surface area contributed by atoms with Gasteiger partial charge in [-0.15, -0.1) is 13.2 Å². The molecule has 0 aliphatic rings. The number of para-hydroxylation sites is 2. The highest BCUT2D eigenvalue weighted by atomic mass is 19.4. The second-order valence-electron chi connectivity index (χ2n) is 6.37. The van der Waals surface area contributed by atoms with E-state index in [1.807, 2.05) is 12.1 Å². The second kappa shape index (κ2) is 9.98. The topological polar surface area (TPSA) is 88.5 Å². The van der Waals surface area contributed by atoms with Crippen molar-refractivity contribution in [1.82, 2.24) is 9.97 Å². The highest BCUT2D eigenvalue weighted by molar-refractivity contribution is 5.70. The Hall–Kier alpha value is -3.53. The van der Waals surface area contributed by atoms with Crippen LogP contribution in [0.15, 0.2) is 54.6 Å². The van der Waals surface area contributed by atoms with Gasteiger partial charge in [-0.05, 0) is 30.7 Å². The number of nitrogens with one attached hydrogen (secondary N) is 2. The maximum Gasteiger partial charge on any atom is 0.573 e. The molecule has 31 heavy (non-hydrogen) atoms. The highest BCUT2D eigenvalue weighted by Crippen LogP contribution is 2.31. The van der Waals surface area contributed by atoms with Gasteiger partial charge < -0.3 is 25.2 Å². The van der Waals surface area contributed by atoms with Crippen LogP contribution in [0.25, 0.3) is 11.3 Å². The molecule has 0 aliphatic heterocycles. The largest absolute Gasteiger partial charge is 0.573 e. The summed E-state index contributed by atoms with van der Waals surface area (Å²) in [7, 11) is 1.54. The fourth-order valence-corrected chi connectivity index (χ4v) is 2.76. The lowest BCUT2D eigenvalue weighted by molar-refractivity contribution is -0.274. The average Bonchev–Trinajstić information content (AvgIpc) is 2.73. The molecule has 2 aromatic carbocycles. The Bertz CT molecular complexity index is 1020. The molecule has 0 bridgehead atoms. The Labute approximate surface area is 176 Å². The van der Waals surface area contributed by atoms with Crippen LogP contribution < -0.4 is 20.1 Å². The lowest BCUT2D eigenvalue weighted by Crippen LogP contribution is -2.17. The zero-order valence-corrected chi connectivity index (χ0v) is 16.6. The van der Waals surface area contributed by atoms with Gasteiger partial charge >= 0.3 is 6.36 Å². The molecule has 0 saturated heterocycles. The molecule has 10 heteroatoms. The van der Waals surface area contributed by atoms with Gasteiger partial charge in [-0.2, -0.15) is 4.98 Å². The van der Waals surface area contributed by atoms with E-state index in [0.29, 0.717) is 41.5 Å². The minimum Gasteiger partial charge on any atom is -0.495 e. The van der Waals surface area contributed by atoms with Crippen LogP contribution in [0.5, 0.6) is 11.5 Å². The summed E-state index contributed by atoms with van der Waals surface area (Å²) in [6, 6.07) is 14.4. The van der Waals surface area contributed by atoms with Crippen LogP contribution in [0.2, 0.25) is 0 Å². The molecule has 3 aromatic rings. The fourth-order valence-electron chi connectivity index (χ4n) is 2.76. The molecule has 0 aliphatic carbocycles. The molecular weight excluding hydrogens is 413 g/mol. The fraction of sp³-hybridized carbons (Fsp3) is 0.238. The van der Waals surface area contributed by atoms with Crippen LogP contribution in [0.3, 0.4) is 0 Å². The first-order valence-corrected chi connectivity index (χ1v) is 9.38. The Balaban J connectivity index is 1.96. The first-order chi connectivity index (χ1) is 14.9. The number of aliphatic hydroxyl groups excluding tert-OH is 1. The number of nitrogens with zero attached hydrogens (tertiary/aromatic N) is 2. The van der Waals surface area contributed by atoms with Crippen LogP contribution in [0.1, 0.15) is 6.42 Å². The van der Waals surface area contributed by atoms with Gasteiger partial charge in [0.25, 0.3) is 0 Å². The van der Waals surface area contributed by atoms with Crippen molar-refractivity contribution >= 4 is 17.5 Å². The monoisotopic (exact) mass is 434 g/mol. The Morgan fingerprint density at radius 3 is 2.58 bits per heavy atom. The van der Waals surface area contributed by atoms with E-state index in [-0.39, 0.29) is 18.3 Å². The smallest absolute Gasteiger partial charge is 0.495 e. The first-order valence-electron chi connectivity index (χ1n) is 9.38. The first kappa shape index (κ1) is 22.2. The summed E-state index contributed by atoms with van der Waals surface area (Å²) >= 11 is 0. The second-order valence-corrected chi connectivity index (χ2v) is 6.37. The van der Waals surface area contributed by atoms with E-state index >= 15 is 0 Å². The standard InChI is InChI=1S/C21H21F3N4O3/c1-30-18-9-3-2-8-16(18)26-19-13-17(27-20(28-19)25-10-5-11-29)14-6-4-7-15(12-14)31-21(22,23)24/h2-4,6-9,12-13,29H,5,10-11H2,1H3,(H2,25,26,27,28). The minimum absolute atomic E-state index is 0.00413. The van der Waals surface area contributed by atoms with Crippen molar-refractivity contribution < 1.29 is 27.8 Å². The summed E-state index contributed by atoms with van der Waals surface area (Å²) in [6.07, 6.45) is -4.31. The lowest BCUT2D eigenvalue weighted by Gasteiger charge is -2.14. The van der Waals surface area contributed by atoms with Crippen molar-refractivity contribution in [3.8, 4) is 22.8 Å². The molecule has 164 valence electrons. The number of benzene rings is 2. The number of hydrogen-bond acceptors (Lipinski definition) is 7. The van der Waals surface area contributed by atoms with E-state index in [9.17, 15) is 13.2 Å². The van der Waals surface area contributed by atoms with E-state index in [4.69, 9.17) is 9.84 Å². The lowest BCUT2D eigenvalue weighted by atomic mass is 10.1. The third kappa shape index (κ3) is 6.48. The minimum atomic E-state index is -4.79. The number of anilines is 3. The Morgan fingerprint density at radius 1 is 1.03 bits per heavy atom. The molecular formula is C21H21F3N4O3. The summed E-state index contributed by atoms with van der Waals surface area (Å²) in [4.78, 5) is 8.79. The van der Waals surface area contributed by atoms with Crippen molar-refractivity contribution in [3.05, 3.63) is 54.6 Å². The van der Waals surface area contributed by atoms with Crippen LogP contribution in [0, 0.1) is 0 Å². The SMILES string of the molecule is COc1ccccc1Nc1cc(-c2cccc(OC(F)(F)F)c2)nc(NCCCO)n1. The number of halogens is 3. The van der Waals surface area contributed by atoms with Crippen molar-refractivity contribution in [3.63, 3.8) is 0 Å². The van der Waals surface area contributed by atoms with E-state index in [1.54, 1.807) is 31.4 Å². The number of hydrogen-bond donors (Lipinski definition) is 3. The number of rotatable bonds is 9. The molecule has 1 aromatic heterocycles. The molecule has 3 rings (SSSR count). The molecule has 1 heterocycles. The van der Waals surface area contributed by atoms with Gasteiger partial charge in [0.1, 0.15) is 17.3 Å². The summed E-state index contributed by atoms with van der Waals surface area (Å²) in [5, 5.41) is 15.1. The molecule has 0 amide bonds. The predicted molar refractivity (Wildman–Crippen MR) is 111 cm³/mol. The molecule has 0 fully saturated rings. The summed E-state index contributed by atoms with van der Waals surface area (Å²) < 4.78 is 47.1. The summed E-state index contributed by atoms with van der Waals surface area (Å²) in [5.74, 6) is 0.907. The number of ether oxygens (including phenoxy) is 2. The van der Waals surface area contributed by atoms with Gasteiger partial charge in [0.05, 0.1) is 18.5 Å². The van der Waals surface area contributed by atoms with E-state index in [0.717, 1.165) is 0 Å². The van der Waals surface area contributed by atoms with Gasteiger partial charge in [0, 0.05) is 24.8 Å². The molecule has 7 nitrogen and oxygen atoms in total. The quantitative estimate of drug-likeness (QED) is 0.425. The highest BCUT2D eigenvalue weighted by Gasteiger charge is 2.31. The Kier molecular flexibility index (Phi) is 7.14. The predicted octanol–water partition coefficient (Wildman–Crippen LogP) is 4.59. The third-order valence-electron chi connectivity index (χ3n) is 4.08. The number of alkyl halides is 3. The van der Waals surface area contributed by atoms with Gasteiger partial charge in [0.15, 0.2) is 0 Å². The molecule has 0 unspecified atom stereocenters. The van der Waals surface area contributed by atoms with Gasteiger partial charge in [0.2, 0.25) is 5.95 Å². The molecule has 0 spiro atoms. The zero-order valence-electron chi connectivity index (χ0n) is 16.6. The van der Waals surface area contributed by atoms with Gasteiger partial charge in [-0.25, -0.2) is 4.98 Å². The number of methoxy groups -OCH3 is 1. The number of aliphatic hydroxyl groups is 1. The van der Waals surface area contributed by atoms with E-state index < -0.39 is 6.36 Å². The van der Waals surface area contributed by atoms with Crippen molar-refractivity contribution in [2.75, 3.05) is 30.9 Å². The molecule has 0 saturated carbocycles. The van der Waals surface area contributed by atoms with Crippen LogP contribution >= 0.6 is 0 Å². The normalized spacial score (nSPS) is 11.1. The molecule has 0 radical (unpaired) electrons. The van der Waals surface area contributed by atoms with Crippen LogP contribution in [-0.2, 0) is 0 Å². The Morgan fingerprint density at radius 2 is 1.84 bits per heavy atom. The summed E-state index contributed by atoms with van der Waals surface area (Å²) in [6.45, 7) is 0.418. The van der Waals surface area contributed by atoms with Crippen molar-refractivity contribution in [2.24, 2.45) is 0 Å². The zero-order chi connectivity index (χ0) is 22.3. The maximum absolute atomic E-state index is 12.6. The summed E-state index contributed by atoms with van der Waals surface area (Å²) in [5.41, 5.74) is 1.45. The van der Waals surface area contributed by atoms with E-state index in [1.165, 1.54) is 18.2 Å². The van der Waals surface area contributed by atoms with Crippen molar-refractivity contribution in [2.45, 2.75) is 12.8 Å². The molecule has 3 N–H and O–H groups in total. The third-order valence-corrected chi connectivity index (χ3v) is 4.08. The number of aromatic nitrogens is 2. The van der Waals surface area contributed by atoms with Gasteiger partial charge in [-0.3, -0.25) is 0 Å². The van der Waals surface area contributed by atoms with Crippen LogP contribution in [-0.4, -0.2) is 41.7 Å². The average molecular weight is 434 g/mol.